The summed E-state index contributed by atoms with van der Waals surface area (Å²) in [5, 5.41) is 23.3. The molecule has 3 aromatic rings. The van der Waals surface area contributed by atoms with E-state index in [2.05, 4.69) is 49.2 Å². The van der Waals surface area contributed by atoms with E-state index in [1.54, 1.807) is 6.92 Å². The lowest BCUT2D eigenvalue weighted by Crippen LogP contribution is -2.65. The van der Waals surface area contributed by atoms with Crippen LogP contribution in [-0.4, -0.2) is 27.3 Å². The second-order valence-electron chi connectivity index (χ2n) is 9.45. The molecule has 0 amide bonds. The van der Waals surface area contributed by atoms with Crippen molar-refractivity contribution < 1.29 is 15.0 Å². The molecule has 0 unspecified atom stereocenters. The Kier molecular flexibility index (Phi) is 3.41. The number of aliphatic carboxylic acids is 1. The molecule has 0 bridgehead atoms. The molecule has 1 heterocycles. The molecule has 2 aliphatic carbocycles. The Morgan fingerprint density at radius 3 is 2.57 bits per heavy atom. The first kappa shape index (κ1) is 17.7. The van der Waals surface area contributed by atoms with Crippen LogP contribution in [0.2, 0.25) is 0 Å². The van der Waals surface area contributed by atoms with E-state index in [0.717, 1.165) is 30.3 Å². The monoisotopic (exact) mass is 377 g/mol. The summed E-state index contributed by atoms with van der Waals surface area (Å²) in [4.78, 5) is 15.9. The van der Waals surface area contributed by atoms with Crippen LogP contribution in [0.25, 0.3) is 21.8 Å². The maximum absolute atomic E-state index is 12.4. The molecule has 146 valence electrons. The number of aliphatic hydroxyl groups excluding tert-OH is 1. The van der Waals surface area contributed by atoms with Gasteiger partial charge in [0.05, 0.1) is 11.5 Å². The van der Waals surface area contributed by atoms with Crippen LogP contribution < -0.4 is 0 Å². The summed E-state index contributed by atoms with van der Waals surface area (Å²) in [6, 6.07) is 12.9. The molecule has 1 fully saturated rings. The number of aromatic nitrogens is 1. The van der Waals surface area contributed by atoms with E-state index in [0.29, 0.717) is 6.42 Å². The van der Waals surface area contributed by atoms with Crippen LogP contribution in [0, 0.1) is 10.8 Å². The Morgan fingerprint density at radius 1 is 1.07 bits per heavy atom. The van der Waals surface area contributed by atoms with Crippen LogP contribution in [0.3, 0.4) is 0 Å². The molecular weight excluding hydrogens is 350 g/mol. The average molecular weight is 377 g/mol. The van der Waals surface area contributed by atoms with Crippen molar-refractivity contribution in [2.45, 2.75) is 58.0 Å². The number of rotatable bonds is 1. The Bertz CT molecular complexity index is 1130. The highest BCUT2D eigenvalue weighted by molar-refractivity contribution is 6.07. The van der Waals surface area contributed by atoms with Gasteiger partial charge in [-0.2, -0.15) is 0 Å². The summed E-state index contributed by atoms with van der Waals surface area (Å²) >= 11 is 0. The van der Waals surface area contributed by atoms with Crippen LogP contribution >= 0.6 is 0 Å². The minimum atomic E-state index is -1.16. The van der Waals surface area contributed by atoms with Gasteiger partial charge in [0.1, 0.15) is 0 Å². The van der Waals surface area contributed by atoms with Crippen molar-refractivity contribution in [2.75, 3.05) is 0 Å². The van der Waals surface area contributed by atoms with Gasteiger partial charge in [0.2, 0.25) is 0 Å². The maximum atomic E-state index is 12.4. The van der Waals surface area contributed by atoms with E-state index in [1.165, 1.54) is 21.9 Å². The number of hydrogen-bond donors (Lipinski definition) is 3. The molecule has 0 aliphatic heterocycles. The molecule has 1 aromatic heterocycles. The van der Waals surface area contributed by atoms with E-state index in [9.17, 15) is 15.0 Å². The summed E-state index contributed by atoms with van der Waals surface area (Å²) in [5.74, 6) is -0.884. The van der Waals surface area contributed by atoms with Crippen molar-refractivity contribution in [3.05, 3.63) is 47.5 Å². The van der Waals surface area contributed by atoms with Crippen molar-refractivity contribution in [2.24, 2.45) is 10.8 Å². The molecule has 5 rings (SSSR count). The summed E-state index contributed by atoms with van der Waals surface area (Å²) in [5.41, 5.74) is 2.87. The second kappa shape index (κ2) is 5.38. The van der Waals surface area contributed by atoms with Crippen molar-refractivity contribution >= 4 is 27.8 Å². The molecule has 4 nitrogen and oxygen atoms in total. The van der Waals surface area contributed by atoms with Gasteiger partial charge in [0.15, 0.2) is 0 Å². The normalized spacial score (nSPS) is 34.9. The third-order valence-corrected chi connectivity index (χ3v) is 8.61. The minimum Gasteiger partial charge on any atom is -0.481 e. The van der Waals surface area contributed by atoms with Crippen LogP contribution in [0.4, 0.5) is 0 Å². The van der Waals surface area contributed by atoms with E-state index < -0.39 is 22.9 Å². The number of carboxylic acids is 1. The Balaban J connectivity index is 1.79. The first-order valence-corrected chi connectivity index (χ1v) is 10.2. The van der Waals surface area contributed by atoms with Crippen LogP contribution in [0.15, 0.2) is 36.4 Å². The molecule has 2 aliphatic rings. The Hall–Kier alpha value is -2.33. The van der Waals surface area contributed by atoms with Crippen molar-refractivity contribution in [3.8, 4) is 0 Å². The first-order valence-electron chi connectivity index (χ1n) is 10.2. The van der Waals surface area contributed by atoms with Crippen molar-refractivity contribution in [1.82, 2.24) is 4.98 Å². The Labute approximate surface area is 164 Å². The number of carbonyl (C=O) groups is 1. The smallest absolute Gasteiger partial charge is 0.312 e. The molecule has 4 heteroatoms. The third kappa shape index (κ3) is 1.87. The minimum absolute atomic E-state index is 0.292. The molecule has 2 aromatic carbocycles. The maximum Gasteiger partial charge on any atom is 0.312 e. The van der Waals surface area contributed by atoms with E-state index in [-0.39, 0.29) is 5.41 Å². The topological polar surface area (TPSA) is 73.3 Å². The predicted molar refractivity (Wildman–Crippen MR) is 111 cm³/mol. The lowest BCUT2D eigenvalue weighted by molar-refractivity contribution is -0.190. The number of carboxylic acid groups (broad SMARTS) is 1. The lowest BCUT2D eigenvalue weighted by Gasteiger charge is -2.62. The number of aliphatic hydroxyl groups is 1. The van der Waals surface area contributed by atoms with Crippen molar-refractivity contribution in [3.63, 3.8) is 0 Å². The van der Waals surface area contributed by atoms with Crippen LogP contribution in [0.1, 0.15) is 51.2 Å². The van der Waals surface area contributed by atoms with Crippen LogP contribution in [0.5, 0.6) is 0 Å². The number of nitrogens with one attached hydrogen (secondary N) is 1. The SMILES string of the molecule is C[C@@]12CCc3cc4[nH]c5ccccc5c4cc3[C@@]1(C)CC[C@@H](O)[C@]2(C)C(=O)O. The summed E-state index contributed by atoms with van der Waals surface area (Å²) in [6.45, 7) is 6.07. The molecule has 0 saturated heterocycles. The fraction of sp³-hybridized carbons (Fsp3) is 0.458. The number of hydrogen-bond acceptors (Lipinski definition) is 2. The van der Waals surface area contributed by atoms with E-state index >= 15 is 0 Å². The largest absolute Gasteiger partial charge is 0.481 e. The zero-order valence-electron chi connectivity index (χ0n) is 16.7. The molecule has 3 N–H and O–H groups in total. The number of aryl methyl sites for hydroxylation is 1. The fourth-order valence-corrected chi connectivity index (χ4v) is 6.32. The number of H-pyrrole nitrogens is 1. The molecule has 0 spiro atoms. The molecular formula is C24H27NO3. The number of benzene rings is 2. The molecule has 1 saturated carbocycles. The quantitative estimate of drug-likeness (QED) is 0.571. The zero-order chi connectivity index (χ0) is 19.9. The van der Waals surface area contributed by atoms with Gasteiger partial charge in [-0.1, -0.05) is 32.0 Å². The second-order valence-corrected chi connectivity index (χ2v) is 9.45. The summed E-state index contributed by atoms with van der Waals surface area (Å²) in [7, 11) is 0. The van der Waals surface area contributed by atoms with Gasteiger partial charge in [0.25, 0.3) is 0 Å². The van der Waals surface area contributed by atoms with Gasteiger partial charge in [-0.05, 0) is 72.8 Å². The number of fused-ring (bicyclic) bond motifs is 6. The summed E-state index contributed by atoms with van der Waals surface area (Å²) < 4.78 is 0. The lowest BCUT2D eigenvalue weighted by atomic mass is 9.41. The van der Waals surface area contributed by atoms with Gasteiger partial charge >= 0.3 is 5.97 Å². The highest BCUT2D eigenvalue weighted by Gasteiger charge is 2.66. The third-order valence-electron chi connectivity index (χ3n) is 8.61. The van der Waals surface area contributed by atoms with E-state index in [1.807, 2.05) is 6.07 Å². The zero-order valence-corrected chi connectivity index (χ0v) is 16.7. The van der Waals surface area contributed by atoms with Crippen LogP contribution in [-0.2, 0) is 16.6 Å². The molecule has 4 atom stereocenters. The van der Waals surface area contributed by atoms with Gasteiger partial charge in [-0.25, -0.2) is 0 Å². The van der Waals surface area contributed by atoms with Gasteiger partial charge < -0.3 is 15.2 Å². The van der Waals surface area contributed by atoms with E-state index in [4.69, 9.17) is 0 Å². The predicted octanol–water partition coefficient (Wildman–Crippen LogP) is 4.78. The standard InChI is InChI=1S/C24H27NO3/c1-22-10-9-20(26)24(3,21(27)28)23(22,2)11-8-14-12-19-16(13-17(14)22)15-6-4-5-7-18(15)25-19/h4-7,12-13,20,25-26H,8-11H2,1-3H3,(H,27,28)/t20-,22-,23-,24-/m1/s1. The highest BCUT2D eigenvalue weighted by atomic mass is 16.4. The average Bonchev–Trinajstić information content (AvgIpc) is 3.04. The summed E-state index contributed by atoms with van der Waals surface area (Å²) in [6.07, 6.45) is 2.10. The first-order chi connectivity index (χ1) is 13.2. The Morgan fingerprint density at radius 2 is 1.82 bits per heavy atom. The van der Waals surface area contributed by atoms with Crippen molar-refractivity contribution in [1.29, 1.82) is 0 Å². The molecule has 28 heavy (non-hydrogen) atoms. The fourth-order valence-electron chi connectivity index (χ4n) is 6.32. The van der Waals surface area contributed by atoms with Gasteiger partial charge in [0, 0.05) is 21.8 Å². The van der Waals surface area contributed by atoms with Gasteiger partial charge in [-0.3, -0.25) is 4.79 Å². The number of aromatic amines is 1. The molecule has 0 radical (unpaired) electrons. The number of para-hydroxylation sites is 1. The highest BCUT2D eigenvalue weighted by Crippen LogP contribution is 2.65. The van der Waals surface area contributed by atoms with Gasteiger partial charge in [-0.15, -0.1) is 0 Å².